The Morgan fingerprint density at radius 2 is 1.79 bits per heavy atom. The van der Waals surface area contributed by atoms with Crippen LogP contribution < -0.4 is 4.80 Å². The average molecular weight is 506 g/mol. The number of nitrogens with zero attached hydrogens (tertiary/aromatic N) is 3. The van der Waals surface area contributed by atoms with Crippen molar-refractivity contribution in [2.45, 2.75) is 45.1 Å². The number of carbonyl (C=O) groups is 1. The Hall–Kier alpha value is -2.00. The predicted octanol–water partition coefficient (Wildman–Crippen LogP) is 5.17. The molecule has 0 aliphatic carbocycles. The summed E-state index contributed by atoms with van der Waals surface area (Å²) >= 11 is 7.55. The number of thiazole rings is 1. The first-order chi connectivity index (χ1) is 15.7. The number of fused-ring (bicyclic) bond motifs is 1. The van der Waals surface area contributed by atoms with Crippen molar-refractivity contribution in [3.8, 4) is 0 Å². The molecule has 0 N–H and O–H groups in total. The number of amides is 1. The van der Waals surface area contributed by atoms with Crippen LogP contribution in [0.1, 0.15) is 44.0 Å². The van der Waals surface area contributed by atoms with Gasteiger partial charge in [-0.1, -0.05) is 43.7 Å². The Bertz CT molecular complexity index is 1330. The second-order valence-corrected chi connectivity index (χ2v) is 12.2. The van der Waals surface area contributed by atoms with E-state index in [0.29, 0.717) is 40.3 Å². The van der Waals surface area contributed by atoms with Gasteiger partial charge in [-0.05, 0) is 67.1 Å². The minimum absolute atomic E-state index is 0.206. The fourth-order valence-electron chi connectivity index (χ4n) is 4.44. The largest absolute Gasteiger partial charge is 0.316 e. The summed E-state index contributed by atoms with van der Waals surface area (Å²) in [5.74, 6) is 0.255. The predicted molar refractivity (Wildman–Crippen MR) is 133 cm³/mol. The van der Waals surface area contributed by atoms with Crippen molar-refractivity contribution in [3.63, 3.8) is 0 Å². The zero-order valence-corrected chi connectivity index (χ0v) is 21.4. The molecule has 6 nitrogen and oxygen atoms in total. The molecule has 2 heterocycles. The number of carbonyl (C=O) groups excluding carboxylic acids is 1. The molecule has 1 aromatic heterocycles. The van der Waals surface area contributed by atoms with Gasteiger partial charge < -0.3 is 4.57 Å². The molecule has 0 radical (unpaired) electrons. The quantitative estimate of drug-likeness (QED) is 0.480. The Labute approximate surface area is 203 Å². The molecule has 2 aromatic carbocycles. The summed E-state index contributed by atoms with van der Waals surface area (Å²) in [7, 11) is -3.59. The molecule has 3 aromatic rings. The van der Waals surface area contributed by atoms with Crippen LogP contribution in [0.4, 0.5) is 0 Å². The summed E-state index contributed by atoms with van der Waals surface area (Å²) in [6, 6.07) is 11.7. The van der Waals surface area contributed by atoms with Gasteiger partial charge in [0.25, 0.3) is 5.91 Å². The molecule has 0 bridgehead atoms. The molecule has 1 aliphatic rings. The number of sulfonamides is 1. The second-order valence-electron chi connectivity index (χ2n) is 8.86. The molecular formula is C24H28ClN3O3S2. The molecule has 2 atom stereocenters. The number of piperidine rings is 1. The van der Waals surface area contributed by atoms with Gasteiger partial charge in [-0.2, -0.15) is 9.30 Å². The number of rotatable bonds is 5. The van der Waals surface area contributed by atoms with Crippen LogP contribution in [0.5, 0.6) is 0 Å². The van der Waals surface area contributed by atoms with Crippen molar-refractivity contribution in [2.75, 3.05) is 13.1 Å². The van der Waals surface area contributed by atoms with Crippen LogP contribution in [0.2, 0.25) is 5.02 Å². The van der Waals surface area contributed by atoms with Crippen molar-refractivity contribution in [1.29, 1.82) is 0 Å². The van der Waals surface area contributed by atoms with E-state index in [1.807, 2.05) is 22.8 Å². The summed E-state index contributed by atoms with van der Waals surface area (Å²) in [6.45, 7) is 8.01. The van der Waals surface area contributed by atoms with E-state index < -0.39 is 15.9 Å². The highest BCUT2D eigenvalue weighted by atomic mass is 35.5. The van der Waals surface area contributed by atoms with Crippen LogP contribution in [0.3, 0.4) is 0 Å². The van der Waals surface area contributed by atoms with E-state index in [4.69, 9.17) is 11.6 Å². The molecule has 33 heavy (non-hydrogen) atoms. The number of benzene rings is 2. The van der Waals surface area contributed by atoms with E-state index in [-0.39, 0.29) is 4.90 Å². The Balaban J connectivity index is 1.63. The standard InChI is InChI=1S/C24H28ClN3O3S2/c1-4-11-28-21-10-7-19(25)13-22(21)32-24(28)26-23(29)18-5-8-20(9-6-18)33(30,31)27-14-16(2)12-17(3)15-27/h5-10,13,16-17H,4,11-12,14-15H2,1-3H3. The summed E-state index contributed by atoms with van der Waals surface area (Å²) in [4.78, 5) is 18.1. The molecule has 176 valence electrons. The van der Waals surface area contributed by atoms with Crippen LogP contribution >= 0.6 is 22.9 Å². The van der Waals surface area contributed by atoms with Crippen LogP contribution in [0.15, 0.2) is 52.4 Å². The smallest absolute Gasteiger partial charge is 0.279 e. The molecule has 4 rings (SSSR count). The summed E-state index contributed by atoms with van der Waals surface area (Å²) in [5.41, 5.74) is 1.34. The van der Waals surface area contributed by atoms with Gasteiger partial charge in [0.15, 0.2) is 4.80 Å². The highest BCUT2D eigenvalue weighted by Gasteiger charge is 2.31. The highest BCUT2D eigenvalue weighted by Crippen LogP contribution is 2.27. The molecule has 0 saturated carbocycles. The van der Waals surface area contributed by atoms with E-state index in [9.17, 15) is 13.2 Å². The van der Waals surface area contributed by atoms with Gasteiger partial charge in [0.1, 0.15) is 0 Å². The Morgan fingerprint density at radius 3 is 2.42 bits per heavy atom. The molecule has 0 spiro atoms. The zero-order chi connectivity index (χ0) is 23.8. The third kappa shape index (κ3) is 5.09. The fraction of sp³-hybridized carbons (Fsp3) is 0.417. The lowest BCUT2D eigenvalue weighted by molar-refractivity contribution is 0.0997. The fourth-order valence-corrected chi connectivity index (χ4v) is 7.45. The molecule has 2 unspecified atom stereocenters. The van der Waals surface area contributed by atoms with Gasteiger partial charge in [0.05, 0.1) is 15.1 Å². The monoisotopic (exact) mass is 505 g/mol. The van der Waals surface area contributed by atoms with E-state index in [2.05, 4.69) is 25.8 Å². The lowest BCUT2D eigenvalue weighted by Crippen LogP contribution is -2.42. The van der Waals surface area contributed by atoms with Crippen molar-refractivity contribution < 1.29 is 13.2 Å². The average Bonchev–Trinajstić information content (AvgIpc) is 3.09. The number of hydrogen-bond acceptors (Lipinski definition) is 4. The third-order valence-electron chi connectivity index (χ3n) is 5.86. The number of aromatic nitrogens is 1. The van der Waals surface area contributed by atoms with Crippen molar-refractivity contribution in [2.24, 2.45) is 16.8 Å². The van der Waals surface area contributed by atoms with Gasteiger partial charge in [0, 0.05) is 30.2 Å². The van der Waals surface area contributed by atoms with Crippen LogP contribution in [0.25, 0.3) is 10.2 Å². The van der Waals surface area contributed by atoms with E-state index in [1.165, 1.54) is 23.5 Å². The van der Waals surface area contributed by atoms with Gasteiger partial charge >= 0.3 is 0 Å². The lowest BCUT2D eigenvalue weighted by atomic mass is 9.94. The normalized spacial score (nSPS) is 20.4. The number of halogens is 1. The first-order valence-corrected chi connectivity index (χ1v) is 13.8. The zero-order valence-electron chi connectivity index (χ0n) is 19.0. The third-order valence-corrected chi connectivity index (χ3v) is 8.99. The molecular weight excluding hydrogens is 478 g/mol. The Morgan fingerprint density at radius 1 is 1.12 bits per heavy atom. The number of aryl methyl sites for hydroxylation is 1. The van der Waals surface area contributed by atoms with Crippen molar-refractivity contribution >= 4 is 49.1 Å². The Kier molecular flexibility index (Phi) is 7.09. The molecule has 1 fully saturated rings. The maximum Gasteiger partial charge on any atom is 0.279 e. The van der Waals surface area contributed by atoms with Gasteiger partial charge in [-0.15, -0.1) is 0 Å². The maximum absolute atomic E-state index is 13.1. The van der Waals surface area contributed by atoms with Crippen LogP contribution in [0, 0.1) is 11.8 Å². The molecule has 1 amide bonds. The minimum Gasteiger partial charge on any atom is -0.316 e. The van der Waals surface area contributed by atoms with Crippen LogP contribution in [-0.4, -0.2) is 36.3 Å². The molecule has 1 aliphatic heterocycles. The summed E-state index contributed by atoms with van der Waals surface area (Å²) < 4.78 is 30.7. The summed E-state index contributed by atoms with van der Waals surface area (Å²) in [5, 5.41) is 0.638. The summed E-state index contributed by atoms with van der Waals surface area (Å²) in [6.07, 6.45) is 1.93. The van der Waals surface area contributed by atoms with Crippen molar-refractivity contribution in [1.82, 2.24) is 8.87 Å². The van der Waals surface area contributed by atoms with E-state index >= 15 is 0 Å². The molecule has 1 saturated heterocycles. The van der Waals surface area contributed by atoms with Gasteiger partial charge in [-0.3, -0.25) is 4.79 Å². The first kappa shape index (κ1) is 24.1. The van der Waals surface area contributed by atoms with Crippen LogP contribution in [-0.2, 0) is 16.6 Å². The maximum atomic E-state index is 13.1. The van der Waals surface area contributed by atoms with Crippen molar-refractivity contribution in [3.05, 3.63) is 57.9 Å². The van der Waals surface area contributed by atoms with E-state index in [0.717, 1.165) is 29.6 Å². The first-order valence-electron chi connectivity index (χ1n) is 11.2. The van der Waals surface area contributed by atoms with Gasteiger partial charge in [0.2, 0.25) is 10.0 Å². The second kappa shape index (κ2) is 9.70. The van der Waals surface area contributed by atoms with Gasteiger partial charge in [-0.25, -0.2) is 8.42 Å². The molecule has 9 heteroatoms. The minimum atomic E-state index is -3.59. The number of hydrogen-bond donors (Lipinski definition) is 0. The highest BCUT2D eigenvalue weighted by molar-refractivity contribution is 7.89. The van der Waals surface area contributed by atoms with E-state index in [1.54, 1.807) is 16.4 Å². The lowest BCUT2D eigenvalue weighted by Gasteiger charge is -2.34. The topological polar surface area (TPSA) is 71.7 Å². The SMILES string of the molecule is CCCn1c(=NC(=O)c2ccc(S(=O)(=O)N3CC(C)CC(C)C3)cc2)sc2cc(Cl)ccc21.